The van der Waals surface area contributed by atoms with E-state index in [1.807, 2.05) is 18.2 Å². The van der Waals surface area contributed by atoms with E-state index in [2.05, 4.69) is 80.7 Å². The third kappa shape index (κ3) is 35.6. The molecule has 0 aliphatic heterocycles. The van der Waals surface area contributed by atoms with Crippen molar-refractivity contribution in [2.45, 2.75) is 168 Å². The maximum absolute atomic E-state index is 12.5. The Morgan fingerprint density at radius 1 is 0.478 bits per heavy atom. The van der Waals surface area contributed by atoms with Crippen molar-refractivity contribution in [3.63, 3.8) is 0 Å². The number of aliphatic carboxylic acids is 1. The van der Waals surface area contributed by atoms with Crippen LogP contribution in [0.3, 0.4) is 0 Å². The molecule has 0 fully saturated rings. The first-order chi connectivity index (χ1) is 22.6. The number of esters is 1. The van der Waals surface area contributed by atoms with E-state index in [0.29, 0.717) is 12.8 Å². The van der Waals surface area contributed by atoms with Crippen molar-refractivity contribution in [1.82, 2.24) is 0 Å². The summed E-state index contributed by atoms with van der Waals surface area (Å²) in [5, 5.41) is 8.75. The molecular formula is C42H68O4. The maximum Gasteiger partial charge on any atom is 0.306 e. The highest BCUT2D eigenvalue weighted by molar-refractivity contribution is 5.69. The van der Waals surface area contributed by atoms with E-state index in [9.17, 15) is 9.59 Å². The lowest BCUT2D eigenvalue weighted by Gasteiger charge is -2.11. The molecule has 0 heterocycles. The van der Waals surface area contributed by atoms with Crippen LogP contribution in [0.2, 0.25) is 0 Å². The van der Waals surface area contributed by atoms with Crippen LogP contribution in [0.25, 0.3) is 0 Å². The quantitative estimate of drug-likeness (QED) is 0.0453. The predicted molar refractivity (Wildman–Crippen MR) is 199 cm³/mol. The molecule has 0 aromatic rings. The van der Waals surface area contributed by atoms with E-state index in [1.165, 1.54) is 57.8 Å². The number of carbonyl (C=O) groups excluding carboxylic acids is 1. The molecule has 0 radical (unpaired) electrons. The van der Waals surface area contributed by atoms with Gasteiger partial charge in [-0.3, -0.25) is 9.59 Å². The monoisotopic (exact) mass is 637 g/mol. The molecule has 260 valence electrons. The fourth-order valence-corrected chi connectivity index (χ4v) is 4.90. The third-order valence-corrected chi connectivity index (χ3v) is 7.58. The van der Waals surface area contributed by atoms with Crippen LogP contribution in [-0.2, 0) is 14.3 Å². The molecular weight excluding hydrogens is 568 g/mol. The van der Waals surface area contributed by atoms with Crippen molar-refractivity contribution < 1.29 is 19.4 Å². The van der Waals surface area contributed by atoms with Gasteiger partial charge >= 0.3 is 11.9 Å². The Balaban J connectivity index is 3.85. The highest BCUT2D eigenvalue weighted by Gasteiger charge is 2.08. The Labute approximate surface area is 283 Å². The molecule has 46 heavy (non-hydrogen) atoms. The summed E-state index contributed by atoms with van der Waals surface area (Å²) in [6, 6.07) is 0. The van der Waals surface area contributed by atoms with Gasteiger partial charge in [-0.05, 0) is 89.2 Å². The van der Waals surface area contributed by atoms with Gasteiger partial charge in [0.15, 0.2) is 0 Å². The van der Waals surface area contributed by atoms with Gasteiger partial charge in [0.25, 0.3) is 0 Å². The van der Waals surface area contributed by atoms with Crippen LogP contribution in [-0.4, -0.2) is 23.1 Å². The lowest BCUT2D eigenvalue weighted by atomic mass is 10.0. The van der Waals surface area contributed by atoms with Crippen LogP contribution in [0.5, 0.6) is 0 Å². The lowest BCUT2D eigenvalue weighted by Crippen LogP contribution is -2.13. The van der Waals surface area contributed by atoms with Gasteiger partial charge in [0.2, 0.25) is 0 Å². The first-order valence-corrected chi connectivity index (χ1v) is 18.6. The molecule has 0 rings (SSSR count). The SMILES string of the molecule is CC/C=C\C/C=C\C/C=C\C/C=C\CCCCCCCCCCCCC(=O)OC(/C=C\C/C=C\CC)/C=C\CCCCCC(=O)O. The Bertz CT molecular complexity index is 903. The van der Waals surface area contributed by atoms with E-state index >= 15 is 0 Å². The van der Waals surface area contributed by atoms with Crippen LogP contribution >= 0.6 is 0 Å². The first kappa shape index (κ1) is 43.1. The van der Waals surface area contributed by atoms with Gasteiger partial charge in [-0.2, -0.15) is 0 Å². The second-order valence-corrected chi connectivity index (χ2v) is 12.0. The molecule has 1 unspecified atom stereocenters. The topological polar surface area (TPSA) is 63.6 Å². The molecule has 0 spiro atoms. The van der Waals surface area contributed by atoms with Gasteiger partial charge in [0.1, 0.15) is 6.10 Å². The van der Waals surface area contributed by atoms with Gasteiger partial charge in [-0.1, -0.05) is 145 Å². The molecule has 0 bridgehead atoms. The summed E-state index contributed by atoms with van der Waals surface area (Å²) >= 11 is 0. The fourth-order valence-electron chi connectivity index (χ4n) is 4.90. The maximum atomic E-state index is 12.5. The predicted octanol–water partition coefficient (Wildman–Crippen LogP) is 12.9. The Morgan fingerprint density at radius 2 is 0.870 bits per heavy atom. The van der Waals surface area contributed by atoms with Gasteiger partial charge in [0, 0.05) is 12.8 Å². The molecule has 1 atom stereocenters. The normalized spacial score (nSPS) is 13.3. The molecule has 0 aliphatic rings. The number of carbonyl (C=O) groups is 2. The fraction of sp³-hybridized carbons (Fsp3) is 0.619. The third-order valence-electron chi connectivity index (χ3n) is 7.58. The van der Waals surface area contributed by atoms with Gasteiger partial charge < -0.3 is 9.84 Å². The van der Waals surface area contributed by atoms with Crippen LogP contribution in [0.15, 0.2) is 85.1 Å². The average molecular weight is 637 g/mol. The number of allylic oxidation sites excluding steroid dienone is 12. The average Bonchev–Trinajstić information content (AvgIpc) is 3.04. The number of rotatable bonds is 32. The summed E-state index contributed by atoms with van der Waals surface area (Å²) in [5.74, 6) is -0.865. The van der Waals surface area contributed by atoms with E-state index < -0.39 is 5.97 Å². The summed E-state index contributed by atoms with van der Waals surface area (Å²) in [6.45, 7) is 4.28. The van der Waals surface area contributed by atoms with Crippen molar-refractivity contribution in [2.75, 3.05) is 0 Å². The van der Waals surface area contributed by atoms with Crippen LogP contribution in [0.4, 0.5) is 0 Å². The molecule has 0 saturated carbocycles. The zero-order chi connectivity index (χ0) is 33.6. The molecule has 4 heteroatoms. The van der Waals surface area contributed by atoms with Crippen molar-refractivity contribution >= 4 is 11.9 Å². The second kappa shape index (κ2) is 36.6. The Kier molecular flexibility index (Phi) is 34.3. The van der Waals surface area contributed by atoms with E-state index in [1.54, 1.807) is 0 Å². The molecule has 4 nitrogen and oxygen atoms in total. The number of hydrogen-bond acceptors (Lipinski definition) is 3. The van der Waals surface area contributed by atoms with Gasteiger partial charge in [0.05, 0.1) is 0 Å². The minimum Gasteiger partial charge on any atom is -0.481 e. The number of hydrogen-bond donors (Lipinski definition) is 1. The standard InChI is InChI=1S/C42H68O4/c1-3-5-7-9-10-11-12-13-14-15-16-17-18-19-20-21-22-23-24-25-26-31-35-39-42(45)46-40(36-32-28-8-6-4-2)37-33-29-27-30-34-38-41(43)44/h5-8,10-11,13-14,16-17,32-33,36-37,40H,3-4,9,12,15,18-31,34-35,38-39H2,1-2H3,(H,43,44)/b7-5-,8-6-,11-10-,14-13-,17-16-,36-32-,37-33-. The highest BCUT2D eigenvalue weighted by Crippen LogP contribution is 2.13. The number of carboxylic acid groups (broad SMARTS) is 1. The first-order valence-electron chi connectivity index (χ1n) is 18.6. The van der Waals surface area contributed by atoms with Crippen molar-refractivity contribution in [3.05, 3.63) is 85.1 Å². The smallest absolute Gasteiger partial charge is 0.306 e. The van der Waals surface area contributed by atoms with Crippen LogP contribution < -0.4 is 0 Å². The molecule has 0 saturated heterocycles. The molecule has 0 aromatic heterocycles. The minimum atomic E-state index is -0.736. The number of unbranched alkanes of at least 4 members (excludes halogenated alkanes) is 13. The Hall–Kier alpha value is -2.88. The Morgan fingerprint density at radius 3 is 1.41 bits per heavy atom. The number of carboxylic acids is 1. The minimum absolute atomic E-state index is 0.130. The number of ether oxygens (including phenoxy) is 1. The molecule has 0 aromatic carbocycles. The van der Waals surface area contributed by atoms with E-state index in [4.69, 9.17) is 9.84 Å². The summed E-state index contributed by atoms with van der Waals surface area (Å²) in [5.41, 5.74) is 0. The van der Waals surface area contributed by atoms with E-state index in [-0.39, 0.29) is 18.5 Å². The molecule has 1 N–H and O–H groups in total. The molecule has 0 amide bonds. The van der Waals surface area contributed by atoms with Crippen LogP contribution in [0.1, 0.15) is 162 Å². The van der Waals surface area contributed by atoms with E-state index in [0.717, 1.165) is 70.6 Å². The molecule has 0 aliphatic carbocycles. The summed E-state index contributed by atoms with van der Waals surface area (Å²) in [4.78, 5) is 23.1. The summed E-state index contributed by atoms with van der Waals surface area (Å²) in [7, 11) is 0. The van der Waals surface area contributed by atoms with Crippen molar-refractivity contribution in [2.24, 2.45) is 0 Å². The van der Waals surface area contributed by atoms with Gasteiger partial charge in [-0.25, -0.2) is 0 Å². The summed E-state index contributed by atoms with van der Waals surface area (Å²) < 4.78 is 5.74. The van der Waals surface area contributed by atoms with Gasteiger partial charge in [-0.15, -0.1) is 0 Å². The largest absolute Gasteiger partial charge is 0.481 e. The zero-order valence-electron chi connectivity index (χ0n) is 29.6. The zero-order valence-corrected chi connectivity index (χ0v) is 29.6. The van der Waals surface area contributed by atoms with Crippen molar-refractivity contribution in [3.8, 4) is 0 Å². The summed E-state index contributed by atoms with van der Waals surface area (Å²) in [6.07, 6.45) is 53.7. The van der Waals surface area contributed by atoms with Crippen molar-refractivity contribution in [1.29, 1.82) is 0 Å². The second-order valence-electron chi connectivity index (χ2n) is 12.0. The lowest BCUT2D eigenvalue weighted by molar-refractivity contribution is -0.145. The highest BCUT2D eigenvalue weighted by atomic mass is 16.5. The van der Waals surface area contributed by atoms with Crippen LogP contribution in [0, 0.1) is 0 Å².